The molecule has 0 atom stereocenters. The van der Waals surface area contributed by atoms with E-state index >= 15 is 0 Å². The first-order valence-corrected chi connectivity index (χ1v) is 9.36. The van der Waals surface area contributed by atoms with Gasteiger partial charge in [-0.3, -0.25) is 9.59 Å². The van der Waals surface area contributed by atoms with Gasteiger partial charge in [-0.15, -0.1) is 0 Å². The first kappa shape index (κ1) is 19.6. The van der Waals surface area contributed by atoms with Crippen LogP contribution in [0.3, 0.4) is 0 Å². The van der Waals surface area contributed by atoms with Crippen molar-refractivity contribution in [2.45, 2.75) is 38.6 Å². The van der Waals surface area contributed by atoms with E-state index in [9.17, 15) is 14.4 Å². The number of esters is 2. The van der Waals surface area contributed by atoms with E-state index in [4.69, 9.17) is 9.47 Å². The summed E-state index contributed by atoms with van der Waals surface area (Å²) in [6.07, 6.45) is 4.24. The summed E-state index contributed by atoms with van der Waals surface area (Å²) >= 11 is 0. The number of benzene rings is 2. The Morgan fingerprint density at radius 3 is 2.07 bits per heavy atom. The number of hydrogen-bond donors (Lipinski definition) is 1. The molecule has 1 amide bonds. The van der Waals surface area contributed by atoms with Crippen molar-refractivity contribution < 1.29 is 23.9 Å². The standard InChI is InChI=1S/C22H23NO5/c1-15(24)28-20-12-10-17(11-13-20)16-6-8-18(9-7-16)22(26)27-14-21(25)23-19-4-2-3-5-19/h6-13,19H,2-5,14H2,1H3,(H,23,25). The normalized spacial score (nSPS) is 13.8. The van der Waals surface area contributed by atoms with E-state index in [1.807, 2.05) is 12.1 Å². The van der Waals surface area contributed by atoms with Gasteiger partial charge in [-0.25, -0.2) is 4.79 Å². The molecular weight excluding hydrogens is 358 g/mol. The minimum absolute atomic E-state index is 0.206. The molecule has 146 valence electrons. The summed E-state index contributed by atoms with van der Waals surface area (Å²) in [6.45, 7) is 1.08. The lowest BCUT2D eigenvalue weighted by Gasteiger charge is -2.12. The van der Waals surface area contributed by atoms with Crippen LogP contribution in [0.4, 0.5) is 0 Å². The number of carbonyl (C=O) groups is 3. The smallest absolute Gasteiger partial charge is 0.338 e. The van der Waals surface area contributed by atoms with Crippen LogP contribution in [0.15, 0.2) is 48.5 Å². The van der Waals surface area contributed by atoms with Gasteiger partial charge in [0.2, 0.25) is 0 Å². The van der Waals surface area contributed by atoms with Gasteiger partial charge >= 0.3 is 11.9 Å². The largest absolute Gasteiger partial charge is 0.452 e. The molecule has 1 aliphatic carbocycles. The Balaban J connectivity index is 1.53. The highest BCUT2D eigenvalue weighted by atomic mass is 16.5. The zero-order valence-corrected chi connectivity index (χ0v) is 15.8. The Bertz CT molecular complexity index is 836. The van der Waals surface area contributed by atoms with E-state index in [1.54, 1.807) is 36.4 Å². The predicted molar refractivity (Wildman–Crippen MR) is 104 cm³/mol. The highest BCUT2D eigenvalue weighted by Gasteiger charge is 2.18. The molecule has 2 aromatic rings. The van der Waals surface area contributed by atoms with E-state index in [2.05, 4.69) is 5.32 Å². The molecule has 6 heteroatoms. The third-order valence-corrected chi connectivity index (χ3v) is 4.62. The number of ether oxygens (including phenoxy) is 2. The quantitative estimate of drug-likeness (QED) is 0.612. The Kier molecular flexibility index (Phi) is 6.42. The van der Waals surface area contributed by atoms with E-state index < -0.39 is 5.97 Å². The van der Waals surface area contributed by atoms with Crippen LogP contribution >= 0.6 is 0 Å². The number of carbonyl (C=O) groups excluding carboxylic acids is 3. The Hall–Kier alpha value is -3.15. The Morgan fingerprint density at radius 1 is 0.929 bits per heavy atom. The van der Waals surface area contributed by atoms with Crippen LogP contribution in [0.5, 0.6) is 5.75 Å². The second-order valence-electron chi connectivity index (χ2n) is 6.82. The third-order valence-electron chi connectivity index (χ3n) is 4.62. The van der Waals surface area contributed by atoms with Crippen molar-refractivity contribution in [2.24, 2.45) is 0 Å². The zero-order chi connectivity index (χ0) is 19.9. The van der Waals surface area contributed by atoms with E-state index in [-0.39, 0.29) is 24.5 Å². The molecule has 1 N–H and O–H groups in total. The first-order chi connectivity index (χ1) is 13.5. The lowest BCUT2D eigenvalue weighted by Crippen LogP contribution is -2.35. The molecule has 1 saturated carbocycles. The van der Waals surface area contributed by atoms with Crippen LogP contribution in [0, 0.1) is 0 Å². The van der Waals surface area contributed by atoms with Crippen LogP contribution in [0.2, 0.25) is 0 Å². The molecule has 0 radical (unpaired) electrons. The van der Waals surface area contributed by atoms with E-state index in [0.29, 0.717) is 11.3 Å². The SMILES string of the molecule is CC(=O)Oc1ccc(-c2ccc(C(=O)OCC(=O)NC3CCCC3)cc2)cc1. The van der Waals surface area contributed by atoms with E-state index in [0.717, 1.165) is 36.8 Å². The fraction of sp³-hybridized carbons (Fsp3) is 0.318. The molecule has 0 bridgehead atoms. The summed E-state index contributed by atoms with van der Waals surface area (Å²) in [6, 6.07) is 14.2. The van der Waals surface area contributed by atoms with Gasteiger partial charge in [-0.2, -0.15) is 0 Å². The molecule has 6 nitrogen and oxygen atoms in total. The zero-order valence-electron chi connectivity index (χ0n) is 15.8. The van der Waals surface area contributed by atoms with Crippen LogP contribution in [-0.4, -0.2) is 30.5 Å². The van der Waals surface area contributed by atoms with Crippen LogP contribution in [-0.2, 0) is 14.3 Å². The maximum absolute atomic E-state index is 12.1. The van der Waals surface area contributed by atoms with Crippen molar-refractivity contribution >= 4 is 17.8 Å². The van der Waals surface area contributed by atoms with Gasteiger partial charge in [0.1, 0.15) is 5.75 Å². The van der Waals surface area contributed by atoms with Gasteiger partial charge in [0.15, 0.2) is 6.61 Å². The number of amides is 1. The van der Waals surface area contributed by atoms with Crippen molar-refractivity contribution in [2.75, 3.05) is 6.61 Å². The first-order valence-electron chi connectivity index (χ1n) is 9.36. The maximum atomic E-state index is 12.1. The Morgan fingerprint density at radius 2 is 1.50 bits per heavy atom. The molecule has 0 aliphatic heterocycles. The second-order valence-corrected chi connectivity index (χ2v) is 6.82. The molecule has 2 aromatic carbocycles. The van der Waals surface area contributed by atoms with Gasteiger partial charge in [0, 0.05) is 13.0 Å². The minimum atomic E-state index is -0.529. The lowest BCUT2D eigenvalue weighted by atomic mass is 10.0. The molecule has 3 rings (SSSR count). The summed E-state index contributed by atoms with van der Waals surface area (Å²) in [5.41, 5.74) is 2.21. The number of nitrogens with one attached hydrogen (secondary N) is 1. The number of hydrogen-bond acceptors (Lipinski definition) is 5. The van der Waals surface area contributed by atoms with Crippen molar-refractivity contribution in [3.8, 4) is 16.9 Å². The van der Waals surface area contributed by atoms with Gasteiger partial charge in [0.25, 0.3) is 5.91 Å². The summed E-state index contributed by atoms with van der Waals surface area (Å²) in [5.74, 6) is -0.678. The molecular formula is C22H23NO5. The monoisotopic (exact) mass is 381 g/mol. The average Bonchev–Trinajstić information content (AvgIpc) is 3.19. The lowest BCUT2D eigenvalue weighted by molar-refractivity contribution is -0.131. The van der Waals surface area contributed by atoms with Gasteiger partial charge in [-0.1, -0.05) is 37.1 Å². The van der Waals surface area contributed by atoms with Crippen molar-refractivity contribution in [1.82, 2.24) is 5.32 Å². The second kappa shape index (κ2) is 9.17. The van der Waals surface area contributed by atoms with Crippen LogP contribution < -0.4 is 10.1 Å². The van der Waals surface area contributed by atoms with Gasteiger partial charge in [-0.05, 0) is 48.2 Å². The minimum Gasteiger partial charge on any atom is -0.452 e. The number of rotatable bonds is 6. The fourth-order valence-corrected chi connectivity index (χ4v) is 3.23. The molecule has 1 fully saturated rings. The molecule has 0 unspecified atom stereocenters. The predicted octanol–water partition coefficient (Wildman–Crippen LogP) is 3.49. The third kappa shape index (κ3) is 5.42. The summed E-state index contributed by atoms with van der Waals surface area (Å²) in [5, 5.41) is 2.89. The highest BCUT2D eigenvalue weighted by Crippen LogP contribution is 2.23. The van der Waals surface area contributed by atoms with E-state index in [1.165, 1.54) is 6.92 Å². The van der Waals surface area contributed by atoms with Crippen molar-refractivity contribution in [3.63, 3.8) is 0 Å². The highest BCUT2D eigenvalue weighted by molar-refractivity contribution is 5.92. The molecule has 28 heavy (non-hydrogen) atoms. The molecule has 0 aromatic heterocycles. The Labute approximate surface area is 163 Å². The molecule has 0 spiro atoms. The van der Waals surface area contributed by atoms with Crippen molar-refractivity contribution in [3.05, 3.63) is 54.1 Å². The maximum Gasteiger partial charge on any atom is 0.338 e. The summed E-state index contributed by atoms with van der Waals surface area (Å²) in [4.78, 5) is 34.9. The summed E-state index contributed by atoms with van der Waals surface area (Å²) in [7, 11) is 0. The van der Waals surface area contributed by atoms with Crippen molar-refractivity contribution in [1.29, 1.82) is 0 Å². The molecule has 0 heterocycles. The van der Waals surface area contributed by atoms with Gasteiger partial charge in [0.05, 0.1) is 5.56 Å². The molecule has 0 saturated heterocycles. The van der Waals surface area contributed by atoms with Crippen LogP contribution in [0.25, 0.3) is 11.1 Å². The van der Waals surface area contributed by atoms with Gasteiger partial charge < -0.3 is 14.8 Å². The summed E-state index contributed by atoms with van der Waals surface area (Å²) < 4.78 is 10.1. The average molecular weight is 381 g/mol. The molecule has 1 aliphatic rings. The van der Waals surface area contributed by atoms with Crippen LogP contribution in [0.1, 0.15) is 43.0 Å². The fourth-order valence-electron chi connectivity index (χ4n) is 3.23. The topological polar surface area (TPSA) is 81.7 Å².